The maximum absolute atomic E-state index is 12.0. The highest BCUT2D eigenvalue weighted by Gasteiger charge is 2.13. The number of rotatable bonds is 8. The van der Waals surface area contributed by atoms with Gasteiger partial charge in [-0.25, -0.2) is 8.42 Å². The fourth-order valence-corrected chi connectivity index (χ4v) is 3.21. The van der Waals surface area contributed by atoms with Gasteiger partial charge in [-0.1, -0.05) is 5.92 Å². The topological polar surface area (TPSA) is 70.0 Å². The number of terminal acetylenes is 1. The summed E-state index contributed by atoms with van der Waals surface area (Å²) in [4.78, 5) is 0.250. The molecule has 4 nitrogen and oxygen atoms in total. The summed E-state index contributed by atoms with van der Waals surface area (Å²) in [6.45, 7) is 1.13. The van der Waals surface area contributed by atoms with Gasteiger partial charge >= 0.3 is 0 Å². The molecular weight excluding hydrogens is 292 g/mol. The second kappa shape index (κ2) is 8.65. The van der Waals surface area contributed by atoms with Crippen LogP contribution < -0.4 is 5.32 Å². The molecular formula is C14H16N2O2S2. The lowest BCUT2D eigenvalue weighted by molar-refractivity contribution is 0.592. The Morgan fingerprint density at radius 1 is 1.25 bits per heavy atom. The minimum absolute atomic E-state index is 0.0404. The molecule has 6 heteroatoms. The zero-order chi connectivity index (χ0) is 14.8. The normalized spacial score (nSPS) is 10.7. The highest BCUT2D eigenvalue weighted by atomic mass is 32.2. The minimum atomic E-state index is -3.29. The Kier molecular flexibility index (Phi) is 7.17. The van der Waals surface area contributed by atoms with Crippen LogP contribution in [0.15, 0.2) is 29.2 Å². The van der Waals surface area contributed by atoms with Gasteiger partial charge in [-0.2, -0.15) is 5.26 Å². The van der Waals surface area contributed by atoms with E-state index in [1.807, 2.05) is 6.07 Å². The molecule has 0 fully saturated rings. The van der Waals surface area contributed by atoms with Gasteiger partial charge in [0.2, 0.25) is 0 Å². The van der Waals surface area contributed by atoms with E-state index in [0.29, 0.717) is 17.9 Å². The van der Waals surface area contributed by atoms with E-state index in [1.165, 1.54) is 24.3 Å². The van der Waals surface area contributed by atoms with E-state index >= 15 is 0 Å². The molecule has 1 rings (SSSR count). The van der Waals surface area contributed by atoms with Gasteiger partial charge in [0, 0.05) is 18.8 Å². The Balaban J connectivity index is 2.38. The summed E-state index contributed by atoms with van der Waals surface area (Å²) >= 11 is 1.63. The highest BCUT2D eigenvalue weighted by Crippen LogP contribution is 2.11. The van der Waals surface area contributed by atoms with Crippen molar-refractivity contribution in [2.45, 2.75) is 4.90 Å². The van der Waals surface area contributed by atoms with Crippen molar-refractivity contribution in [2.75, 3.05) is 30.3 Å². The average Bonchev–Trinajstić information content (AvgIpc) is 2.46. The predicted molar refractivity (Wildman–Crippen MR) is 82.2 cm³/mol. The molecule has 20 heavy (non-hydrogen) atoms. The zero-order valence-corrected chi connectivity index (χ0v) is 12.6. The van der Waals surface area contributed by atoms with Crippen LogP contribution >= 0.6 is 11.8 Å². The smallest absolute Gasteiger partial charge is 0.179 e. The number of benzene rings is 1. The van der Waals surface area contributed by atoms with Crippen LogP contribution in [-0.2, 0) is 9.84 Å². The maximum atomic E-state index is 12.0. The van der Waals surface area contributed by atoms with E-state index < -0.39 is 9.84 Å². The molecule has 0 atom stereocenters. The molecule has 0 aliphatic rings. The van der Waals surface area contributed by atoms with Gasteiger partial charge in [-0.15, -0.1) is 18.2 Å². The van der Waals surface area contributed by atoms with Crippen molar-refractivity contribution in [3.8, 4) is 18.4 Å². The Hall–Kier alpha value is -1.47. The number of hydrogen-bond acceptors (Lipinski definition) is 5. The van der Waals surface area contributed by atoms with E-state index in [1.54, 1.807) is 11.8 Å². The molecule has 0 spiro atoms. The highest BCUT2D eigenvalue weighted by molar-refractivity contribution is 7.99. The summed E-state index contributed by atoms with van der Waals surface area (Å²) in [7, 11) is -3.29. The average molecular weight is 308 g/mol. The number of sulfone groups is 1. The van der Waals surface area contributed by atoms with Crippen LogP contribution in [-0.4, -0.2) is 38.8 Å². The summed E-state index contributed by atoms with van der Waals surface area (Å²) in [5.41, 5.74) is 0.451. The van der Waals surface area contributed by atoms with Crippen LogP contribution in [0.4, 0.5) is 0 Å². The van der Waals surface area contributed by atoms with E-state index in [0.717, 1.165) is 12.3 Å². The lowest BCUT2D eigenvalue weighted by Crippen LogP contribution is -2.25. The molecule has 106 valence electrons. The Morgan fingerprint density at radius 2 is 1.95 bits per heavy atom. The molecule has 0 bridgehead atoms. The molecule has 1 N–H and O–H groups in total. The molecule has 0 saturated carbocycles. The van der Waals surface area contributed by atoms with Crippen molar-refractivity contribution in [3.05, 3.63) is 29.8 Å². The third-order valence-corrected chi connectivity index (χ3v) is 5.09. The molecule has 0 aromatic heterocycles. The molecule has 0 heterocycles. The molecule has 1 aromatic rings. The van der Waals surface area contributed by atoms with Crippen molar-refractivity contribution in [1.82, 2.24) is 5.32 Å². The molecule has 0 unspecified atom stereocenters. The third-order valence-electron chi connectivity index (χ3n) is 2.50. The lowest BCUT2D eigenvalue weighted by atomic mass is 10.2. The number of thioether (sulfide) groups is 1. The summed E-state index contributed by atoms with van der Waals surface area (Å²) in [6, 6.07) is 7.92. The standard InChI is InChI=1S/C14H16N2O2S2/c1-2-9-19-10-7-16-8-11-20(17,18)14-5-3-13(12-15)4-6-14/h1,3-6,16H,7-11H2. The van der Waals surface area contributed by atoms with E-state index in [-0.39, 0.29) is 10.6 Å². The maximum Gasteiger partial charge on any atom is 0.179 e. The first-order valence-electron chi connectivity index (χ1n) is 6.05. The van der Waals surface area contributed by atoms with Crippen LogP contribution in [0.5, 0.6) is 0 Å². The van der Waals surface area contributed by atoms with Gasteiger partial charge in [0.05, 0.1) is 28.0 Å². The first kappa shape index (κ1) is 16.6. The zero-order valence-electron chi connectivity index (χ0n) is 11.0. The fourth-order valence-electron chi connectivity index (χ4n) is 1.46. The predicted octanol–water partition coefficient (Wildman–Crippen LogP) is 1.29. The molecule has 0 radical (unpaired) electrons. The number of hydrogen-bond donors (Lipinski definition) is 1. The minimum Gasteiger partial charge on any atom is -0.315 e. The third kappa shape index (κ3) is 5.66. The van der Waals surface area contributed by atoms with Gasteiger partial charge in [-0.3, -0.25) is 0 Å². The van der Waals surface area contributed by atoms with Gasteiger partial charge in [0.1, 0.15) is 0 Å². The van der Waals surface area contributed by atoms with Crippen molar-refractivity contribution >= 4 is 21.6 Å². The summed E-state index contributed by atoms with van der Waals surface area (Å²) < 4.78 is 24.0. The van der Waals surface area contributed by atoms with Crippen molar-refractivity contribution < 1.29 is 8.42 Å². The first-order chi connectivity index (χ1) is 9.60. The van der Waals surface area contributed by atoms with Crippen LogP contribution in [0, 0.1) is 23.7 Å². The molecule has 1 aromatic carbocycles. The van der Waals surface area contributed by atoms with E-state index in [4.69, 9.17) is 11.7 Å². The monoisotopic (exact) mass is 308 g/mol. The van der Waals surface area contributed by atoms with E-state index in [9.17, 15) is 8.42 Å². The Labute approximate surface area is 124 Å². The van der Waals surface area contributed by atoms with E-state index in [2.05, 4.69) is 11.2 Å². The fraction of sp³-hybridized carbons (Fsp3) is 0.357. The first-order valence-corrected chi connectivity index (χ1v) is 8.85. The Morgan fingerprint density at radius 3 is 2.55 bits per heavy atom. The van der Waals surface area contributed by atoms with Crippen LogP contribution in [0.3, 0.4) is 0 Å². The van der Waals surface area contributed by atoms with Crippen LogP contribution in [0.25, 0.3) is 0 Å². The summed E-state index contributed by atoms with van der Waals surface area (Å²) in [5, 5.41) is 11.7. The molecule has 0 aliphatic heterocycles. The van der Waals surface area contributed by atoms with Gasteiger partial charge < -0.3 is 5.32 Å². The number of nitriles is 1. The molecule has 0 aliphatic carbocycles. The number of nitrogens with zero attached hydrogens (tertiary/aromatic N) is 1. The quantitative estimate of drug-likeness (QED) is 0.579. The lowest BCUT2D eigenvalue weighted by Gasteiger charge is -2.06. The second-order valence-electron chi connectivity index (χ2n) is 3.96. The number of nitrogens with one attached hydrogen (secondary N) is 1. The Bertz CT molecular complexity index is 596. The largest absolute Gasteiger partial charge is 0.315 e. The summed E-state index contributed by atoms with van der Waals surface area (Å²) in [6.07, 6.45) is 5.12. The molecule has 0 saturated heterocycles. The van der Waals surface area contributed by atoms with Gasteiger partial charge in [0.15, 0.2) is 9.84 Å². The van der Waals surface area contributed by atoms with Crippen molar-refractivity contribution in [3.63, 3.8) is 0 Å². The SMILES string of the molecule is C#CCSCCNCCS(=O)(=O)c1ccc(C#N)cc1. The van der Waals surface area contributed by atoms with Crippen molar-refractivity contribution in [1.29, 1.82) is 5.26 Å². The second-order valence-corrected chi connectivity index (χ2v) is 7.18. The van der Waals surface area contributed by atoms with Gasteiger partial charge in [-0.05, 0) is 24.3 Å². The molecule has 0 amide bonds. The van der Waals surface area contributed by atoms with Crippen molar-refractivity contribution in [2.24, 2.45) is 0 Å². The van der Waals surface area contributed by atoms with Gasteiger partial charge in [0.25, 0.3) is 0 Å². The summed E-state index contributed by atoms with van der Waals surface area (Å²) in [5.74, 6) is 4.10. The van der Waals surface area contributed by atoms with Crippen LogP contribution in [0.1, 0.15) is 5.56 Å². The van der Waals surface area contributed by atoms with Crippen LogP contribution in [0.2, 0.25) is 0 Å².